The van der Waals surface area contributed by atoms with Gasteiger partial charge in [-0.05, 0) is 29.7 Å². The van der Waals surface area contributed by atoms with Crippen molar-refractivity contribution in [2.45, 2.75) is 13.3 Å². The lowest BCUT2D eigenvalue weighted by Gasteiger charge is -2.05. The summed E-state index contributed by atoms with van der Waals surface area (Å²) in [5.74, 6) is -1.16. The molecule has 0 aliphatic carbocycles. The van der Waals surface area contributed by atoms with Gasteiger partial charge in [0, 0.05) is 23.8 Å². The molecule has 2 N–H and O–H groups in total. The number of non-ortho nitro benzene ring substituents is 1. The Hall–Kier alpha value is -3.48. The first kappa shape index (κ1) is 17.9. The van der Waals surface area contributed by atoms with E-state index >= 15 is 0 Å². The van der Waals surface area contributed by atoms with Crippen molar-refractivity contribution in [1.82, 2.24) is 10.9 Å². The number of hydrogen-bond acceptors (Lipinski definition) is 4. The molecule has 25 heavy (non-hydrogen) atoms. The number of amides is 2. The summed E-state index contributed by atoms with van der Waals surface area (Å²) in [6.45, 7) is 2.06. The fourth-order valence-electron chi connectivity index (χ4n) is 2.03. The molecule has 0 spiro atoms. The molecule has 0 bridgehead atoms. The number of carbonyl (C=O) groups excluding carboxylic acids is 2. The zero-order chi connectivity index (χ0) is 18.2. The van der Waals surface area contributed by atoms with Crippen LogP contribution in [0.1, 0.15) is 28.4 Å². The average molecular weight is 339 g/mol. The van der Waals surface area contributed by atoms with Crippen LogP contribution in [0.15, 0.2) is 54.6 Å². The summed E-state index contributed by atoms with van der Waals surface area (Å²) in [7, 11) is 0. The Morgan fingerprint density at radius 1 is 1.12 bits per heavy atom. The largest absolute Gasteiger partial charge is 0.270 e. The minimum atomic E-state index is -0.641. The van der Waals surface area contributed by atoms with Crippen molar-refractivity contribution in [1.29, 1.82) is 0 Å². The maximum absolute atomic E-state index is 11.9. The molecule has 0 aromatic heterocycles. The highest BCUT2D eigenvalue weighted by atomic mass is 16.6. The fourth-order valence-corrected chi connectivity index (χ4v) is 2.03. The van der Waals surface area contributed by atoms with Gasteiger partial charge in [0.25, 0.3) is 17.5 Å². The lowest BCUT2D eigenvalue weighted by molar-refractivity contribution is -0.384. The van der Waals surface area contributed by atoms with E-state index in [1.807, 2.05) is 24.3 Å². The highest BCUT2D eigenvalue weighted by Crippen LogP contribution is 2.12. The van der Waals surface area contributed by atoms with Crippen molar-refractivity contribution < 1.29 is 14.5 Å². The molecule has 0 unspecified atom stereocenters. The molecule has 0 saturated carbocycles. The molecule has 0 saturated heterocycles. The van der Waals surface area contributed by atoms with E-state index in [4.69, 9.17) is 0 Å². The molecule has 2 aromatic rings. The van der Waals surface area contributed by atoms with Crippen LogP contribution in [-0.4, -0.2) is 16.7 Å². The van der Waals surface area contributed by atoms with Gasteiger partial charge in [-0.2, -0.15) is 0 Å². The molecule has 0 aliphatic rings. The van der Waals surface area contributed by atoms with E-state index in [1.165, 1.54) is 29.8 Å². The van der Waals surface area contributed by atoms with Gasteiger partial charge in [0.1, 0.15) is 0 Å². The minimum Gasteiger partial charge on any atom is -0.268 e. The summed E-state index contributed by atoms with van der Waals surface area (Å²) in [5.41, 5.74) is 6.37. The molecular weight excluding hydrogens is 322 g/mol. The molecule has 0 fully saturated rings. The van der Waals surface area contributed by atoms with Crippen molar-refractivity contribution in [3.63, 3.8) is 0 Å². The Balaban J connectivity index is 1.90. The van der Waals surface area contributed by atoms with Crippen molar-refractivity contribution in [2.75, 3.05) is 0 Å². The molecule has 2 amide bonds. The van der Waals surface area contributed by atoms with Gasteiger partial charge in [-0.25, -0.2) is 0 Å². The normalized spacial score (nSPS) is 10.4. The van der Waals surface area contributed by atoms with Crippen LogP contribution in [0.5, 0.6) is 0 Å². The highest BCUT2D eigenvalue weighted by molar-refractivity contribution is 5.98. The van der Waals surface area contributed by atoms with Crippen LogP contribution in [0.25, 0.3) is 6.08 Å². The topological polar surface area (TPSA) is 101 Å². The SMILES string of the molecule is CCc1ccc(/C=C/C(=O)NNC(=O)c2cccc([N+](=O)[O-])c2)cc1. The van der Waals surface area contributed by atoms with Gasteiger partial charge < -0.3 is 0 Å². The van der Waals surface area contributed by atoms with Crippen LogP contribution in [0.3, 0.4) is 0 Å². The summed E-state index contributed by atoms with van der Waals surface area (Å²) in [4.78, 5) is 33.7. The Morgan fingerprint density at radius 2 is 1.84 bits per heavy atom. The highest BCUT2D eigenvalue weighted by Gasteiger charge is 2.11. The van der Waals surface area contributed by atoms with E-state index in [9.17, 15) is 19.7 Å². The Kier molecular flexibility index (Phi) is 6.00. The second-order valence-corrected chi connectivity index (χ2v) is 5.18. The molecule has 128 valence electrons. The smallest absolute Gasteiger partial charge is 0.268 e. The average Bonchev–Trinajstić information content (AvgIpc) is 2.64. The molecule has 2 aromatic carbocycles. The van der Waals surface area contributed by atoms with E-state index in [1.54, 1.807) is 6.08 Å². The second-order valence-electron chi connectivity index (χ2n) is 5.18. The van der Waals surface area contributed by atoms with Gasteiger partial charge in [0.15, 0.2) is 0 Å². The molecule has 0 atom stereocenters. The Bertz CT molecular complexity index is 813. The maximum Gasteiger partial charge on any atom is 0.270 e. The lowest BCUT2D eigenvalue weighted by Crippen LogP contribution is -2.40. The first-order valence-corrected chi connectivity index (χ1v) is 7.61. The number of rotatable bonds is 5. The van der Waals surface area contributed by atoms with Crippen molar-refractivity contribution in [3.05, 3.63) is 81.4 Å². The molecule has 2 rings (SSSR count). The van der Waals surface area contributed by atoms with Crippen molar-refractivity contribution in [3.8, 4) is 0 Å². The molecule has 0 radical (unpaired) electrons. The third-order valence-electron chi connectivity index (χ3n) is 3.43. The van der Waals surface area contributed by atoms with Crippen LogP contribution < -0.4 is 10.9 Å². The van der Waals surface area contributed by atoms with Crippen LogP contribution in [0, 0.1) is 10.1 Å². The number of hydrogen-bond donors (Lipinski definition) is 2. The summed E-state index contributed by atoms with van der Waals surface area (Å²) < 4.78 is 0. The van der Waals surface area contributed by atoms with Crippen molar-refractivity contribution in [2.24, 2.45) is 0 Å². The number of hydrazine groups is 1. The zero-order valence-electron chi connectivity index (χ0n) is 13.6. The number of carbonyl (C=O) groups is 2. The molecular formula is C18H17N3O4. The van der Waals surface area contributed by atoms with Crippen LogP contribution in [0.2, 0.25) is 0 Å². The molecule has 0 aliphatic heterocycles. The first-order chi connectivity index (χ1) is 12.0. The van der Waals surface area contributed by atoms with Gasteiger partial charge in [0.2, 0.25) is 0 Å². The summed E-state index contributed by atoms with van der Waals surface area (Å²) in [6.07, 6.45) is 3.84. The second kappa shape index (κ2) is 8.39. The quantitative estimate of drug-likeness (QED) is 0.497. The predicted octanol–water partition coefficient (Wildman–Crippen LogP) is 2.63. The van der Waals surface area contributed by atoms with Gasteiger partial charge in [-0.15, -0.1) is 0 Å². The van der Waals surface area contributed by atoms with Crippen LogP contribution in [-0.2, 0) is 11.2 Å². The van der Waals surface area contributed by atoms with E-state index in [0.29, 0.717) is 0 Å². The zero-order valence-corrected chi connectivity index (χ0v) is 13.6. The first-order valence-electron chi connectivity index (χ1n) is 7.61. The number of nitrogens with zero attached hydrogens (tertiary/aromatic N) is 1. The van der Waals surface area contributed by atoms with E-state index in [2.05, 4.69) is 17.8 Å². The summed E-state index contributed by atoms with van der Waals surface area (Å²) in [5, 5.41) is 10.7. The lowest BCUT2D eigenvalue weighted by atomic mass is 10.1. The Labute approximate surface area is 144 Å². The van der Waals surface area contributed by atoms with Gasteiger partial charge in [-0.3, -0.25) is 30.6 Å². The van der Waals surface area contributed by atoms with E-state index in [0.717, 1.165) is 18.1 Å². The third-order valence-corrected chi connectivity index (χ3v) is 3.43. The van der Waals surface area contributed by atoms with E-state index in [-0.39, 0.29) is 11.3 Å². The van der Waals surface area contributed by atoms with Gasteiger partial charge >= 0.3 is 0 Å². The van der Waals surface area contributed by atoms with Gasteiger partial charge in [0.05, 0.1) is 4.92 Å². The predicted molar refractivity (Wildman–Crippen MR) is 93.6 cm³/mol. The maximum atomic E-state index is 11.9. The van der Waals surface area contributed by atoms with Crippen LogP contribution in [0.4, 0.5) is 5.69 Å². The van der Waals surface area contributed by atoms with E-state index < -0.39 is 16.7 Å². The summed E-state index contributed by atoms with van der Waals surface area (Å²) in [6, 6.07) is 13.0. The third kappa shape index (κ3) is 5.28. The molecule has 0 heterocycles. The Morgan fingerprint density at radius 3 is 2.48 bits per heavy atom. The number of aryl methyl sites for hydroxylation is 1. The number of nitro groups is 1. The van der Waals surface area contributed by atoms with Crippen LogP contribution >= 0.6 is 0 Å². The van der Waals surface area contributed by atoms with Crippen molar-refractivity contribution >= 4 is 23.6 Å². The standard InChI is InChI=1S/C18H17N3O4/c1-2-13-6-8-14(9-7-13)10-11-17(22)19-20-18(23)15-4-3-5-16(12-15)21(24)25/h3-12H,2H2,1H3,(H,19,22)(H,20,23)/b11-10+. The fraction of sp³-hybridized carbons (Fsp3) is 0.111. The number of nitro benzene ring substituents is 1. The minimum absolute atomic E-state index is 0.0774. The monoisotopic (exact) mass is 339 g/mol. The molecule has 7 nitrogen and oxygen atoms in total. The number of nitrogens with one attached hydrogen (secondary N) is 2. The number of benzene rings is 2. The molecule has 7 heteroatoms. The van der Waals surface area contributed by atoms with Gasteiger partial charge in [-0.1, -0.05) is 37.3 Å². The summed E-state index contributed by atoms with van der Waals surface area (Å²) >= 11 is 0.